The number of hydrogen-bond acceptors (Lipinski definition) is 3. The molecule has 0 saturated heterocycles. The zero-order chi connectivity index (χ0) is 17.5. The molecule has 1 N–H and O–H groups in total. The molecule has 0 radical (unpaired) electrons. The van der Waals surface area contributed by atoms with Crippen LogP contribution in [0.3, 0.4) is 0 Å². The predicted octanol–water partition coefficient (Wildman–Crippen LogP) is 4.07. The third-order valence-corrected chi connectivity index (χ3v) is 5.01. The van der Waals surface area contributed by atoms with Gasteiger partial charge in [-0.15, -0.1) is 0 Å². The van der Waals surface area contributed by atoms with E-state index in [1.165, 1.54) is 0 Å². The van der Waals surface area contributed by atoms with Crippen LogP contribution in [0.5, 0.6) is 0 Å². The van der Waals surface area contributed by atoms with Crippen LogP contribution < -0.4 is 5.32 Å². The lowest BCUT2D eigenvalue weighted by Crippen LogP contribution is -2.38. The van der Waals surface area contributed by atoms with E-state index < -0.39 is 0 Å². The summed E-state index contributed by atoms with van der Waals surface area (Å²) in [6.07, 6.45) is 4.74. The molecule has 1 fully saturated rings. The van der Waals surface area contributed by atoms with Gasteiger partial charge in [0.15, 0.2) is 0 Å². The van der Waals surface area contributed by atoms with Crippen LogP contribution in [0.1, 0.15) is 30.2 Å². The molecule has 6 nitrogen and oxygen atoms in total. The van der Waals surface area contributed by atoms with Gasteiger partial charge in [0.1, 0.15) is 17.3 Å². The highest BCUT2D eigenvalue weighted by Gasteiger charge is 2.28. The molecule has 3 heterocycles. The highest BCUT2D eigenvalue weighted by atomic mass is 16.3. The minimum Gasteiger partial charge on any atom is -0.461 e. The maximum absolute atomic E-state index is 12.7. The normalized spacial score (nSPS) is 16.4. The Labute approximate surface area is 151 Å². The summed E-state index contributed by atoms with van der Waals surface area (Å²) >= 11 is 0. The average Bonchev–Trinajstić information content (AvgIpc) is 3.26. The van der Waals surface area contributed by atoms with Gasteiger partial charge in [-0.25, -0.2) is 9.48 Å². The molecule has 132 valence electrons. The van der Waals surface area contributed by atoms with E-state index in [0.717, 1.165) is 47.7 Å². The van der Waals surface area contributed by atoms with Crippen molar-refractivity contribution in [1.82, 2.24) is 14.7 Å². The minimum absolute atomic E-state index is 0.0829. The van der Waals surface area contributed by atoms with Gasteiger partial charge in [0.05, 0.1) is 18.8 Å². The van der Waals surface area contributed by atoms with Crippen molar-refractivity contribution in [3.63, 3.8) is 0 Å². The van der Waals surface area contributed by atoms with Crippen LogP contribution in [-0.2, 0) is 13.0 Å². The molecule has 2 aromatic heterocycles. The van der Waals surface area contributed by atoms with Gasteiger partial charge in [-0.05, 0) is 18.9 Å². The average molecular weight is 348 g/mol. The van der Waals surface area contributed by atoms with E-state index in [-0.39, 0.29) is 6.03 Å². The Bertz CT molecular complexity index is 940. The van der Waals surface area contributed by atoms with Gasteiger partial charge in [0.2, 0.25) is 0 Å². The molecular formula is C20H20N4O2. The van der Waals surface area contributed by atoms with Crippen molar-refractivity contribution in [3.8, 4) is 11.3 Å². The molecule has 2 amide bonds. The van der Waals surface area contributed by atoms with Crippen LogP contribution in [0, 0.1) is 0 Å². The highest BCUT2D eigenvalue weighted by Crippen LogP contribution is 2.36. The fraction of sp³-hybridized carbons (Fsp3) is 0.300. The molecule has 6 heteroatoms. The first-order valence-corrected chi connectivity index (χ1v) is 9.04. The summed E-state index contributed by atoms with van der Waals surface area (Å²) in [7, 11) is 0. The summed E-state index contributed by atoms with van der Waals surface area (Å²) in [5, 5.41) is 7.33. The monoisotopic (exact) mass is 348 g/mol. The van der Waals surface area contributed by atoms with Gasteiger partial charge in [0, 0.05) is 30.2 Å². The Morgan fingerprint density at radius 1 is 1.19 bits per heavy atom. The lowest BCUT2D eigenvalue weighted by Gasteiger charge is -2.26. The maximum Gasteiger partial charge on any atom is 0.323 e. The summed E-state index contributed by atoms with van der Waals surface area (Å²) < 4.78 is 7.93. The minimum atomic E-state index is -0.0829. The highest BCUT2D eigenvalue weighted by molar-refractivity contribution is 5.88. The first-order valence-electron chi connectivity index (χ1n) is 9.04. The van der Waals surface area contributed by atoms with Crippen molar-refractivity contribution in [2.45, 2.75) is 31.8 Å². The number of carbonyl (C=O) groups is 1. The molecule has 0 spiro atoms. The van der Waals surface area contributed by atoms with E-state index in [4.69, 9.17) is 4.42 Å². The molecule has 0 bridgehead atoms. The number of urea groups is 1. The maximum atomic E-state index is 12.7. The van der Waals surface area contributed by atoms with Gasteiger partial charge in [-0.3, -0.25) is 5.32 Å². The molecule has 1 aliphatic heterocycles. The molecule has 0 unspecified atom stereocenters. The van der Waals surface area contributed by atoms with E-state index in [1.807, 2.05) is 46.0 Å². The summed E-state index contributed by atoms with van der Waals surface area (Å²) in [6, 6.07) is 14.3. The second kappa shape index (κ2) is 6.05. The SMILES string of the molecule is O=C(Nc1ccnn1C1CC1)N1CCc2oc(-c3ccccc3)cc2C1. The van der Waals surface area contributed by atoms with Gasteiger partial charge in [0.25, 0.3) is 0 Å². The summed E-state index contributed by atoms with van der Waals surface area (Å²) in [6.45, 7) is 1.22. The Hall–Kier alpha value is -3.02. The largest absolute Gasteiger partial charge is 0.461 e. The number of fused-ring (bicyclic) bond motifs is 1. The van der Waals surface area contributed by atoms with Gasteiger partial charge in [-0.2, -0.15) is 5.10 Å². The van der Waals surface area contributed by atoms with Crippen LogP contribution in [0.2, 0.25) is 0 Å². The van der Waals surface area contributed by atoms with Crippen LogP contribution >= 0.6 is 0 Å². The van der Waals surface area contributed by atoms with E-state index >= 15 is 0 Å². The number of nitrogens with zero attached hydrogens (tertiary/aromatic N) is 3. The lowest BCUT2D eigenvalue weighted by molar-refractivity contribution is 0.203. The number of rotatable bonds is 3. The number of carbonyl (C=O) groups excluding carboxylic acids is 1. The van der Waals surface area contributed by atoms with Crippen LogP contribution in [0.4, 0.5) is 10.6 Å². The zero-order valence-electron chi connectivity index (χ0n) is 14.4. The van der Waals surface area contributed by atoms with Crippen molar-refractivity contribution in [3.05, 3.63) is 60.0 Å². The number of hydrogen-bond donors (Lipinski definition) is 1. The van der Waals surface area contributed by atoms with Gasteiger partial charge in [-0.1, -0.05) is 30.3 Å². The van der Waals surface area contributed by atoms with Crippen molar-refractivity contribution in [2.75, 3.05) is 11.9 Å². The van der Waals surface area contributed by atoms with Crippen molar-refractivity contribution >= 4 is 11.8 Å². The third-order valence-electron chi connectivity index (χ3n) is 5.01. The molecule has 26 heavy (non-hydrogen) atoms. The summed E-state index contributed by atoms with van der Waals surface area (Å²) in [5.74, 6) is 2.63. The first-order chi connectivity index (χ1) is 12.8. The standard InChI is InChI=1S/C20H20N4O2/c25-20(22-19-8-10-21-24(19)16-6-7-16)23-11-9-17-15(13-23)12-18(26-17)14-4-2-1-3-5-14/h1-5,8,10,12,16H,6-7,9,11,13H2,(H,22,25). The molecule has 0 atom stereocenters. The van der Waals surface area contributed by atoms with Crippen molar-refractivity contribution in [2.24, 2.45) is 0 Å². The molecule has 1 aliphatic carbocycles. The van der Waals surface area contributed by atoms with E-state index in [9.17, 15) is 4.79 Å². The number of nitrogens with one attached hydrogen (secondary N) is 1. The second-order valence-electron chi connectivity index (χ2n) is 6.92. The van der Waals surface area contributed by atoms with Gasteiger partial charge < -0.3 is 9.32 Å². The number of furan rings is 1. The topological polar surface area (TPSA) is 63.3 Å². The fourth-order valence-electron chi connectivity index (χ4n) is 3.46. The second-order valence-corrected chi connectivity index (χ2v) is 6.92. The third kappa shape index (κ3) is 2.77. The van der Waals surface area contributed by atoms with Crippen LogP contribution in [0.15, 0.2) is 53.1 Å². The Morgan fingerprint density at radius 2 is 2.04 bits per heavy atom. The quantitative estimate of drug-likeness (QED) is 0.776. The fourth-order valence-corrected chi connectivity index (χ4v) is 3.46. The first kappa shape index (κ1) is 15.3. The number of aromatic nitrogens is 2. The van der Waals surface area contributed by atoms with E-state index in [2.05, 4.69) is 16.5 Å². The number of benzene rings is 1. The zero-order valence-corrected chi connectivity index (χ0v) is 14.4. The van der Waals surface area contributed by atoms with Crippen LogP contribution in [-0.4, -0.2) is 27.3 Å². The van der Waals surface area contributed by atoms with Crippen molar-refractivity contribution in [1.29, 1.82) is 0 Å². The summed E-state index contributed by atoms with van der Waals surface area (Å²) in [4.78, 5) is 14.5. The van der Waals surface area contributed by atoms with E-state index in [1.54, 1.807) is 6.20 Å². The molecule has 5 rings (SSSR count). The Kier molecular flexibility index (Phi) is 3.55. The molecule has 1 aromatic carbocycles. The van der Waals surface area contributed by atoms with E-state index in [0.29, 0.717) is 19.1 Å². The summed E-state index contributed by atoms with van der Waals surface area (Å²) in [5.41, 5.74) is 2.15. The molecular weight excluding hydrogens is 328 g/mol. The Balaban J connectivity index is 1.31. The lowest BCUT2D eigenvalue weighted by atomic mass is 10.1. The smallest absolute Gasteiger partial charge is 0.323 e. The van der Waals surface area contributed by atoms with Crippen LogP contribution in [0.25, 0.3) is 11.3 Å². The predicted molar refractivity (Wildman–Crippen MR) is 97.8 cm³/mol. The molecule has 3 aromatic rings. The van der Waals surface area contributed by atoms with Gasteiger partial charge >= 0.3 is 6.03 Å². The Morgan fingerprint density at radius 3 is 2.85 bits per heavy atom. The van der Waals surface area contributed by atoms with Crippen molar-refractivity contribution < 1.29 is 9.21 Å². The molecule has 1 saturated carbocycles. The number of amides is 2. The molecule has 2 aliphatic rings. The number of anilines is 1.